The van der Waals surface area contributed by atoms with Crippen molar-refractivity contribution in [2.75, 3.05) is 47.6 Å². The monoisotopic (exact) mass is 593 g/mol. The molecule has 1 aliphatic rings. The first-order valence-electron chi connectivity index (χ1n) is 14.4. The van der Waals surface area contributed by atoms with Crippen molar-refractivity contribution in [1.29, 1.82) is 0 Å². The molecule has 3 aromatic carbocycles. The van der Waals surface area contributed by atoms with Crippen molar-refractivity contribution in [3.05, 3.63) is 77.4 Å². The summed E-state index contributed by atoms with van der Waals surface area (Å²) in [5.41, 5.74) is 11.5. The first-order valence-corrected chi connectivity index (χ1v) is 14.4. The molecule has 2 aromatic heterocycles. The normalized spacial score (nSPS) is 13.7. The van der Waals surface area contributed by atoms with Crippen molar-refractivity contribution in [2.45, 2.75) is 32.8 Å². The molecule has 12 heteroatoms. The Morgan fingerprint density at radius 2 is 1.80 bits per heavy atom. The number of anilines is 5. The number of nitrogens with zero attached hydrogens (tertiary/aromatic N) is 5. The van der Waals surface area contributed by atoms with Crippen molar-refractivity contribution < 1.29 is 14.6 Å². The second-order valence-corrected chi connectivity index (χ2v) is 11.6. The van der Waals surface area contributed by atoms with Gasteiger partial charge in [-0.15, -0.1) is 0 Å². The van der Waals surface area contributed by atoms with Crippen LogP contribution in [0, 0.1) is 0 Å². The number of nitrogens with two attached hydrogens (primary N) is 1. The topological polar surface area (TPSA) is 167 Å². The van der Waals surface area contributed by atoms with E-state index in [-0.39, 0.29) is 35.7 Å². The number of ether oxygens (including phenoxy) is 1. The molecule has 0 atom stereocenters. The number of morpholine rings is 1. The van der Waals surface area contributed by atoms with Gasteiger partial charge in [0.2, 0.25) is 17.8 Å². The Labute approximate surface area is 254 Å². The molecule has 0 saturated carbocycles. The van der Waals surface area contributed by atoms with E-state index in [1.54, 1.807) is 30.3 Å². The Hall–Kier alpha value is -5.07. The van der Waals surface area contributed by atoms with Crippen LogP contribution in [0.2, 0.25) is 0 Å². The lowest BCUT2D eigenvalue weighted by Crippen LogP contribution is -2.36. The van der Waals surface area contributed by atoms with Crippen LogP contribution in [0.3, 0.4) is 0 Å². The maximum Gasteiger partial charge on any atom is 0.255 e. The third kappa shape index (κ3) is 6.17. The highest BCUT2D eigenvalue weighted by Gasteiger charge is 2.19. The van der Waals surface area contributed by atoms with Gasteiger partial charge < -0.3 is 36.1 Å². The SMILES string of the molecule is CC(C)(C)c1ccc(C(=O)Nc2cccc(-c3nc(N)nc(Nc4ccc5[nH]c(N6CCOCC6)nc5c4)n3)c2CO)cc1. The largest absolute Gasteiger partial charge is 0.392 e. The number of carbonyl (C=O) groups is 1. The zero-order chi connectivity index (χ0) is 30.8. The van der Waals surface area contributed by atoms with Crippen LogP contribution in [-0.2, 0) is 16.8 Å². The van der Waals surface area contributed by atoms with Crippen molar-refractivity contribution >= 4 is 46.2 Å². The van der Waals surface area contributed by atoms with Gasteiger partial charge in [-0.05, 0) is 47.4 Å². The molecule has 0 spiro atoms. The van der Waals surface area contributed by atoms with E-state index < -0.39 is 0 Å². The van der Waals surface area contributed by atoms with Crippen molar-refractivity contribution in [3.63, 3.8) is 0 Å². The molecule has 226 valence electrons. The third-order valence-corrected chi connectivity index (χ3v) is 7.53. The molecular formula is C32H35N9O3. The number of carbonyl (C=O) groups excluding carboxylic acids is 1. The fraction of sp³-hybridized carbons (Fsp3) is 0.281. The number of aromatic amines is 1. The molecule has 6 N–H and O–H groups in total. The summed E-state index contributed by atoms with van der Waals surface area (Å²) < 4.78 is 5.45. The summed E-state index contributed by atoms with van der Waals surface area (Å²) in [4.78, 5) is 36.6. The highest BCUT2D eigenvalue weighted by atomic mass is 16.5. The number of rotatable bonds is 7. The van der Waals surface area contributed by atoms with Crippen LogP contribution >= 0.6 is 0 Å². The summed E-state index contributed by atoms with van der Waals surface area (Å²) in [6.45, 7) is 8.91. The number of hydrogen-bond acceptors (Lipinski definition) is 10. The molecule has 0 bridgehead atoms. The molecular weight excluding hydrogens is 558 g/mol. The van der Waals surface area contributed by atoms with Gasteiger partial charge >= 0.3 is 0 Å². The minimum atomic E-state index is -0.357. The smallest absolute Gasteiger partial charge is 0.255 e. The number of nitrogen functional groups attached to an aromatic ring is 1. The Kier molecular flexibility index (Phi) is 7.85. The highest BCUT2D eigenvalue weighted by molar-refractivity contribution is 6.05. The minimum absolute atomic E-state index is 0.00483. The number of hydrogen-bond donors (Lipinski definition) is 5. The van der Waals surface area contributed by atoms with E-state index in [0.29, 0.717) is 35.6 Å². The van der Waals surface area contributed by atoms with Crippen LogP contribution in [0.5, 0.6) is 0 Å². The van der Waals surface area contributed by atoms with Crippen molar-refractivity contribution in [3.8, 4) is 11.4 Å². The first kappa shape index (κ1) is 29.0. The van der Waals surface area contributed by atoms with Gasteiger partial charge in [-0.25, -0.2) is 4.98 Å². The fourth-order valence-corrected chi connectivity index (χ4v) is 5.09. The number of H-pyrrole nitrogens is 1. The minimum Gasteiger partial charge on any atom is -0.392 e. The van der Waals surface area contributed by atoms with E-state index in [1.807, 2.05) is 30.3 Å². The standard InChI is InChI=1S/C32H35N9O3/c1-32(2,3)20-9-7-19(8-10-20)28(43)35-24-6-4-5-22(23(24)18-42)27-38-29(33)40-30(39-27)34-21-11-12-25-26(17-21)37-31(36-25)41-13-15-44-16-14-41/h4-12,17,42H,13-16,18H2,1-3H3,(H,35,43)(H,36,37)(H3,33,34,38,39,40). The number of fused-ring (bicyclic) bond motifs is 1. The molecule has 1 fully saturated rings. The van der Waals surface area contributed by atoms with Gasteiger partial charge in [-0.3, -0.25) is 4.79 Å². The van der Waals surface area contributed by atoms with E-state index in [1.165, 1.54) is 0 Å². The maximum absolute atomic E-state index is 13.1. The van der Waals surface area contributed by atoms with Crippen LogP contribution in [0.25, 0.3) is 22.4 Å². The van der Waals surface area contributed by atoms with E-state index in [4.69, 9.17) is 15.5 Å². The number of nitrogens with one attached hydrogen (secondary N) is 3. The van der Waals surface area contributed by atoms with Gasteiger partial charge in [0.05, 0.1) is 30.9 Å². The van der Waals surface area contributed by atoms with Gasteiger partial charge in [-0.2, -0.15) is 15.0 Å². The second-order valence-electron chi connectivity index (χ2n) is 11.6. The molecule has 0 aliphatic carbocycles. The Bertz CT molecular complexity index is 1810. The summed E-state index contributed by atoms with van der Waals surface area (Å²) >= 11 is 0. The van der Waals surface area contributed by atoms with Gasteiger partial charge in [0.25, 0.3) is 5.91 Å². The predicted molar refractivity (Wildman–Crippen MR) is 171 cm³/mol. The summed E-state index contributed by atoms with van der Waals surface area (Å²) in [7, 11) is 0. The molecule has 0 unspecified atom stereocenters. The lowest BCUT2D eigenvalue weighted by molar-refractivity contribution is 0.102. The van der Waals surface area contributed by atoms with Crippen LogP contribution < -0.4 is 21.3 Å². The number of benzene rings is 3. The van der Waals surface area contributed by atoms with Crippen molar-refractivity contribution in [1.82, 2.24) is 24.9 Å². The highest BCUT2D eigenvalue weighted by Crippen LogP contribution is 2.30. The van der Waals surface area contributed by atoms with Crippen LogP contribution in [0.15, 0.2) is 60.7 Å². The maximum atomic E-state index is 13.1. The molecule has 1 aliphatic heterocycles. The van der Waals surface area contributed by atoms with Crippen LogP contribution in [-0.4, -0.2) is 62.2 Å². The zero-order valence-electron chi connectivity index (χ0n) is 24.9. The Morgan fingerprint density at radius 3 is 2.52 bits per heavy atom. The van der Waals surface area contributed by atoms with Gasteiger partial charge in [-0.1, -0.05) is 45.0 Å². The molecule has 3 heterocycles. The second kappa shape index (κ2) is 11.9. The molecule has 6 rings (SSSR count). The lowest BCUT2D eigenvalue weighted by Gasteiger charge is -2.26. The Morgan fingerprint density at radius 1 is 1.02 bits per heavy atom. The molecule has 44 heavy (non-hydrogen) atoms. The predicted octanol–water partition coefficient (Wildman–Crippen LogP) is 4.62. The van der Waals surface area contributed by atoms with Crippen molar-refractivity contribution in [2.24, 2.45) is 0 Å². The average Bonchev–Trinajstić information content (AvgIpc) is 3.44. The quantitative estimate of drug-likeness (QED) is 0.180. The number of imidazole rings is 1. The third-order valence-electron chi connectivity index (χ3n) is 7.53. The fourth-order valence-electron chi connectivity index (χ4n) is 5.09. The van der Waals surface area contributed by atoms with E-state index in [2.05, 4.69) is 56.2 Å². The van der Waals surface area contributed by atoms with Gasteiger partial charge in [0.15, 0.2) is 5.82 Å². The molecule has 1 saturated heterocycles. The summed E-state index contributed by atoms with van der Waals surface area (Å²) in [6, 6.07) is 18.5. The first-order chi connectivity index (χ1) is 21.2. The summed E-state index contributed by atoms with van der Waals surface area (Å²) in [6.07, 6.45) is 0. The number of aliphatic hydroxyl groups is 1. The Balaban J connectivity index is 1.24. The van der Waals surface area contributed by atoms with E-state index >= 15 is 0 Å². The van der Waals surface area contributed by atoms with Gasteiger partial charge in [0.1, 0.15) is 0 Å². The number of aliphatic hydroxyl groups excluding tert-OH is 1. The van der Waals surface area contributed by atoms with Crippen LogP contribution in [0.4, 0.5) is 29.2 Å². The molecule has 5 aromatic rings. The lowest BCUT2D eigenvalue weighted by atomic mass is 9.86. The molecule has 0 radical (unpaired) electrons. The molecule has 1 amide bonds. The van der Waals surface area contributed by atoms with Gasteiger partial charge in [0, 0.05) is 41.2 Å². The number of aromatic nitrogens is 5. The number of amides is 1. The van der Waals surface area contributed by atoms with Crippen LogP contribution in [0.1, 0.15) is 42.3 Å². The summed E-state index contributed by atoms with van der Waals surface area (Å²) in [5.74, 6) is 1.00. The summed E-state index contributed by atoms with van der Waals surface area (Å²) in [5, 5.41) is 16.5. The average molecular weight is 594 g/mol. The van der Waals surface area contributed by atoms with E-state index in [0.717, 1.165) is 41.3 Å². The molecule has 12 nitrogen and oxygen atoms in total. The van der Waals surface area contributed by atoms with E-state index in [9.17, 15) is 9.90 Å². The zero-order valence-corrected chi connectivity index (χ0v) is 24.9.